The van der Waals surface area contributed by atoms with Crippen molar-refractivity contribution < 1.29 is 14.7 Å². The van der Waals surface area contributed by atoms with Crippen molar-refractivity contribution in [2.45, 2.75) is 19.8 Å². The van der Waals surface area contributed by atoms with Crippen molar-refractivity contribution in [3.63, 3.8) is 0 Å². The van der Waals surface area contributed by atoms with E-state index in [1.54, 1.807) is 37.1 Å². The number of rotatable bonds is 7. The molecule has 2 N–H and O–H groups in total. The molecule has 6 nitrogen and oxygen atoms in total. The zero-order valence-corrected chi connectivity index (χ0v) is 11.2. The minimum Gasteiger partial charge on any atom is -0.481 e. The van der Waals surface area contributed by atoms with E-state index < -0.39 is 5.97 Å². The van der Waals surface area contributed by atoms with Crippen LogP contribution in [-0.2, 0) is 16.6 Å². The molecule has 19 heavy (non-hydrogen) atoms. The van der Waals surface area contributed by atoms with Gasteiger partial charge in [0.05, 0.1) is 12.1 Å². The van der Waals surface area contributed by atoms with Gasteiger partial charge in [-0.2, -0.15) is 5.10 Å². The molecule has 1 rings (SSSR count). The Bertz CT molecular complexity index is 465. The molecule has 0 aliphatic carbocycles. The lowest BCUT2D eigenvalue weighted by atomic mass is 10.1. The van der Waals surface area contributed by atoms with Crippen LogP contribution < -0.4 is 5.32 Å². The molecule has 1 aromatic heterocycles. The van der Waals surface area contributed by atoms with E-state index in [2.05, 4.69) is 10.4 Å². The van der Waals surface area contributed by atoms with Crippen molar-refractivity contribution in [2.24, 2.45) is 13.0 Å². The van der Waals surface area contributed by atoms with Crippen molar-refractivity contribution in [2.75, 3.05) is 6.54 Å². The number of aryl methyl sites for hydroxylation is 1. The summed E-state index contributed by atoms with van der Waals surface area (Å²) in [6.45, 7) is 2.14. The Kier molecular flexibility index (Phi) is 5.78. The third-order valence-electron chi connectivity index (χ3n) is 2.69. The highest BCUT2D eigenvalue weighted by Gasteiger charge is 2.09. The highest BCUT2D eigenvalue weighted by atomic mass is 16.4. The third kappa shape index (κ3) is 5.85. The lowest BCUT2D eigenvalue weighted by molar-refractivity contribution is -0.141. The predicted molar refractivity (Wildman–Crippen MR) is 71.3 cm³/mol. The molecule has 0 saturated heterocycles. The van der Waals surface area contributed by atoms with Crippen LogP contribution in [0.3, 0.4) is 0 Å². The molecule has 0 spiro atoms. The van der Waals surface area contributed by atoms with E-state index in [0.717, 1.165) is 5.56 Å². The number of amides is 1. The zero-order chi connectivity index (χ0) is 14.3. The van der Waals surface area contributed by atoms with Crippen LogP contribution in [0, 0.1) is 5.92 Å². The molecule has 0 aromatic carbocycles. The number of carboxylic acid groups (broad SMARTS) is 1. The van der Waals surface area contributed by atoms with Crippen LogP contribution in [0.5, 0.6) is 0 Å². The lowest BCUT2D eigenvalue weighted by Gasteiger charge is -2.05. The molecule has 1 heterocycles. The fraction of sp³-hybridized carbons (Fsp3) is 0.462. The van der Waals surface area contributed by atoms with Crippen LogP contribution in [0.15, 0.2) is 18.5 Å². The Morgan fingerprint density at radius 1 is 1.58 bits per heavy atom. The van der Waals surface area contributed by atoms with Gasteiger partial charge in [0.15, 0.2) is 0 Å². The molecule has 0 fully saturated rings. The Balaban J connectivity index is 2.21. The van der Waals surface area contributed by atoms with Crippen molar-refractivity contribution in [1.29, 1.82) is 0 Å². The van der Waals surface area contributed by atoms with Crippen LogP contribution in [-0.4, -0.2) is 33.3 Å². The molecule has 1 unspecified atom stereocenters. The zero-order valence-electron chi connectivity index (χ0n) is 11.2. The van der Waals surface area contributed by atoms with Crippen LogP contribution in [0.2, 0.25) is 0 Å². The summed E-state index contributed by atoms with van der Waals surface area (Å²) in [5.74, 6) is -1.36. The molecule has 1 aromatic rings. The summed E-state index contributed by atoms with van der Waals surface area (Å²) in [7, 11) is 1.81. The van der Waals surface area contributed by atoms with Crippen molar-refractivity contribution in [3.05, 3.63) is 24.0 Å². The van der Waals surface area contributed by atoms with Crippen molar-refractivity contribution >= 4 is 18.0 Å². The molecular weight excluding hydrogens is 246 g/mol. The second-order valence-corrected chi connectivity index (χ2v) is 4.45. The Morgan fingerprint density at radius 3 is 2.89 bits per heavy atom. The van der Waals surface area contributed by atoms with E-state index in [1.807, 2.05) is 0 Å². The van der Waals surface area contributed by atoms with Gasteiger partial charge in [0, 0.05) is 31.4 Å². The average molecular weight is 265 g/mol. The van der Waals surface area contributed by atoms with Gasteiger partial charge in [-0.1, -0.05) is 6.92 Å². The van der Waals surface area contributed by atoms with Crippen molar-refractivity contribution in [3.8, 4) is 0 Å². The summed E-state index contributed by atoms with van der Waals surface area (Å²) in [6, 6.07) is 0. The third-order valence-corrected chi connectivity index (χ3v) is 2.69. The highest BCUT2D eigenvalue weighted by Crippen LogP contribution is 2.04. The van der Waals surface area contributed by atoms with Gasteiger partial charge in [-0.05, 0) is 18.9 Å². The number of aromatic nitrogens is 2. The smallest absolute Gasteiger partial charge is 0.306 e. The van der Waals surface area contributed by atoms with E-state index >= 15 is 0 Å². The van der Waals surface area contributed by atoms with E-state index in [-0.39, 0.29) is 11.8 Å². The first-order valence-electron chi connectivity index (χ1n) is 6.16. The summed E-state index contributed by atoms with van der Waals surface area (Å²) in [6.07, 6.45) is 7.80. The minimum atomic E-state index is -0.803. The monoisotopic (exact) mass is 265 g/mol. The molecule has 0 bridgehead atoms. The van der Waals surface area contributed by atoms with Gasteiger partial charge in [-0.25, -0.2) is 0 Å². The SMILES string of the molecule is CC(CCCNC(=O)/C=C/c1cnn(C)c1)C(=O)O. The highest BCUT2D eigenvalue weighted by molar-refractivity contribution is 5.91. The lowest BCUT2D eigenvalue weighted by Crippen LogP contribution is -2.23. The maximum absolute atomic E-state index is 11.5. The quantitative estimate of drug-likeness (QED) is 0.570. The summed E-state index contributed by atoms with van der Waals surface area (Å²) in [5, 5.41) is 15.4. The Labute approximate surface area is 112 Å². The Hall–Kier alpha value is -2.11. The summed E-state index contributed by atoms with van der Waals surface area (Å²) >= 11 is 0. The molecule has 1 amide bonds. The molecule has 0 radical (unpaired) electrons. The summed E-state index contributed by atoms with van der Waals surface area (Å²) < 4.78 is 1.66. The number of carbonyl (C=O) groups is 2. The van der Waals surface area contributed by atoms with Crippen LogP contribution in [0.25, 0.3) is 6.08 Å². The van der Waals surface area contributed by atoms with E-state index in [9.17, 15) is 9.59 Å². The first kappa shape index (κ1) is 14.9. The number of nitrogens with zero attached hydrogens (tertiary/aromatic N) is 2. The number of hydrogen-bond donors (Lipinski definition) is 2. The van der Waals surface area contributed by atoms with E-state index in [0.29, 0.717) is 19.4 Å². The first-order chi connectivity index (χ1) is 8.99. The fourth-order valence-electron chi connectivity index (χ4n) is 1.50. The average Bonchev–Trinajstić information content (AvgIpc) is 2.77. The van der Waals surface area contributed by atoms with Gasteiger partial charge in [0.25, 0.3) is 0 Å². The second-order valence-electron chi connectivity index (χ2n) is 4.45. The van der Waals surface area contributed by atoms with Gasteiger partial charge < -0.3 is 10.4 Å². The second kappa shape index (κ2) is 7.35. The summed E-state index contributed by atoms with van der Waals surface area (Å²) in [5.41, 5.74) is 0.858. The summed E-state index contributed by atoms with van der Waals surface area (Å²) in [4.78, 5) is 22.0. The largest absolute Gasteiger partial charge is 0.481 e. The minimum absolute atomic E-state index is 0.188. The van der Waals surface area contributed by atoms with Gasteiger partial charge in [0.2, 0.25) is 5.91 Å². The van der Waals surface area contributed by atoms with Crippen LogP contribution in [0.1, 0.15) is 25.3 Å². The van der Waals surface area contributed by atoms with Gasteiger partial charge in [-0.15, -0.1) is 0 Å². The molecule has 6 heteroatoms. The van der Waals surface area contributed by atoms with Crippen LogP contribution in [0.4, 0.5) is 0 Å². The molecular formula is C13H19N3O3. The molecule has 0 aliphatic heterocycles. The molecule has 1 atom stereocenters. The van der Waals surface area contributed by atoms with Crippen LogP contribution >= 0.6 is 0 Å². The maximum atomic E-state index is 11.5. The maximum Gasteiger partial charge on any atom is 0.306 e. The number of carboxylic acids is 1. The first-order valence-corrected chi connectivity index (χ1v) is 6.16. The fourth-order valence-corrected chi connectivity index (χ4v) is 1.50. The van der Waals surface area contributed by atoms with Gasteiger partial charge in [-0.3, -0.25) is 14.3 Å². The standard InChI is InChI=1S/C13H19N3O3/c1-10(13(18)19)4-3-7-14-12(17)6-5-11-8-15-16(2)9-11/h5-6,8-10H,3-4,7H2,1-2H3,(H,14,17)(H,18,19)/b6-5+. The van der Waals surface area contributed by atoms with E-state index in [4.69, 9.17) is 5.11 Å². The van der Waals surface area contributed by atoms with Gasteiger partial charge >= 0.3 is 5.97 Å². The topological polar surface area (TPSA) is 84.2 Å². The number of carbonyl (C=O) groups excluding carboxylic acids is 1. The van der Waals surface area contributed by atoms with Gasteiger partial charge in [0.1, 0.15) is 0 Å². The molecule has 0 aliphatic rings. The number of nitrogens with one attached hydrogen (secondary N) is 1. The predicted octanol–water partition coefficient (Wildman–Crippen LogP) is 1.05. The number of hydrogen-bond acceptors (Lipinski definition) is 3. The number of aliphatic carboxylic acids is 1. The normalized spacial score (nSPS) is 12.5. The molecule has 0 saturated carbocycles. The van der Waals surface area contributed by atoms with E-state index in [1.165, 1.54) is 6.08 Å². The Morgan fingerprint density at radius 2 is 2.32 bits per heavy atom. The molecule has 104 valence electrons. The van der Waals surface area contributed by atoms with Crippen molar-refractivity contribution in [1.82, 2.24) is 15.1 Å².